The third-order valence-electron chi connectivity index (χ3n) is 4.64. The molecule has 1 aromatic carbocycles. The van der Waals surface area contributed by atoms with E-state index in [9.17, 15) is 0 Å². The molecule has 0 radical (unpaired) electrons. The van der Waals surface area contributed by atoms with Crippen LogP contribution < -0.4 is 20.5 Å². The molecule has 0 spiro atoms. The second-order valence-corrected chi connectivity index (χ2v) is 6.07. The minimum atomic E-state index is 0.598. The third kappa shape index (κ3) is 3.69. The number of nitrogens with one attached hydrogen (secondary N) is 1. The molecule has 1 aromatic rings. The summed E-state index contributed by atoms with van der Waals surface area (Å²) in [5.41, 5.74) is 7.18. The van der Waals surface area contributed by atoms with Crippen molar-refractivity contribution in [1.82, 2.24) is 5.32 Å². The quantitative estimate of drug-likeness (QED) is 0.872. The van der Waals surface area contributed by atoms with Crippen molar-refractivity contribution in [3.8, 4) is 11.5 Å². The Balaban J connectivity index is 1.50. The highest BCUT2D eigenvalue weighted by atomic mass is 16.6. The molecule has 2 unspecified atom stereocenters. The van der Waals surface area contributed by atoms with Crippen molar-refractivity contribution in [2.75, 3.05) is 26.3 Å². The average Bonchev–Trinajstić information content (AvgIpc) is 2.55. The standard InChI is InChI=1S/C17H26N2O2/c18-12-14-3-1-2-4-15(14)19-8-7-13-5-6-16-17(11-13)21-10-9-20-16/h5-6,11,14-15,19H,1-4,7-10,12,18H2. The summed E-state index contributed by atoms with van der Waals surface area (Å²) in [4.78, 5) is 0. The summed E-state index contributed by atoms with van der Waals surface area (Å²) in [5.74, 6) is 2.41. The van der Waals surface area contributed by atoms with Gasteiger partial charge in [0.2, 0.25) is 0 Å². The predicted molar refractivity (Wildman–Crippen MR) is 83.9 cm³/mol. The number of hydrogen-bond acceptors (Lipinski definition) is 4. The number of hydrogen-bond donors (Lipinski definition) is 2. The molecule has 4 heteroatoms. The van der Waals surface area contributed by atoms with Gasteiger partial charge in [-0.1, -0.05) is 18.9 Å². The van der Waals surface area contributed by atoms with Gasteiger partial charge in [0, 0.05) is 6.04 Å². The second kappa shape index (κ2) is 7.14. The van der Waals surface area contributed by atoms with Gasteiger partial charge in [0.05, 0.1) is 0 Å². The molecule has 1 fully saturated rings. The van der Waals surface area contributed by atoms with E-state index in [1.54, 1.807) is 0 Å². The fraction of sp³-hybridized carbons (Fsp3) is 0.647. The topological polar surface area (TPSA) is 56.5 Å². The maximum atomic E-state index is 5.88. The molecule has 1 heterocycles. The molecule has 0 amide bonds. The Morgan fingerprint density at radius 2 is 1.90 bits per heavy atom. The van der Waals surface area contributed by atoms with Crippen LogP contribution >= 0.6 is 0 Å². The van der Waals surface area contributed by atoms with E-state index >= 15 is 0 Å². The number of ether oxygens (including phenoxy) is 2. The number of benzene rings is 1. The van der Waals surface area contributed by atoms with Gasteiger partial charge in [0.25, 0.3) is 0 Å². The van der Waals surface area contributed by atoms with Crippen molar-refractivity contribution in [1.29, 1.82) is 0 Å². The molecule has 3 N–H and O–H groups in total. The molecule has 2 atom stereocenters. The van der Waals surface area contributed by atoms with Gasteiger partial charge in [-0.2, -0.15) is 0 Å². The van der Waals surface area contributed by atoms with Crippen molar-refractivity contribution in [2.45, 2.75) is 38.1 Å². The van der Waals surface area contributed by atoms with Gasteiger partial charge in [-0.3, -0.25) is 0 Å². The van der Waals surface area contributed by atoms with E-state index < -0.39 is 0 Å². The zero-order chi connectivity index (χ0) is 14.5. The average molecular weight is 290 g/mol. The summed E-state index contributed by atoms with van der Waals surface area (Å²) in [6.07, 6.45) is 6.23. The smallest absolute Gasteiger partial charge is 0.161 e. The van der Waals surface area contributed by atoms with Crippen molar-refractivity contribution in [3.05, 3.63) is 23.8 Å². The molecule has 21 heavy (non-hydrogen) atoms. The SMILES string of the molecule is NCC1CCCCC1NCCc1ccc2c(c1)OCCO2. The normalized spacial score (nSPS) is 24.8. The summed E-state index contributed by atoms with van der Waals surface area (Å²) in [7, 11) is 0. The van der Waals surface area contributed by atoms with Crippen LogP contribution in [0.4, 0.5) is 0 Å². The van der Waals surface area contributed by atoms with Crippen LogP contribution in [0.25, 0.3) is 0 Å². The largest absolute Gasteiger partial charge is 0.486 e. The molecule has 1 saturated carbocycles. The number of nitrogens with two attached hydrogens (primary N) is 1. The number of rotatable bonds is 5. The third-order valence-corrected chi connectivity index (χ3v) is 4.64. The van der Waals surface area contributed by atoms with E-state index in [1.165, 1.54) is 31.2 Å². The first-order valence-electron chi connectivity index (χ1n) is 8.19. The fourth-order valence-electron chi connectivity index (χ4n) is 3.40. The van der Waals surface area contributed by atoms with Crippen LogP contribution in [-0.2, 0) is 6.42 Å². The highest BCUT2D eigenvalue weighted by Gasteiger charge is 2.23. The Bertz CT molecular complexity index is 464. The Morgan fingerprint density at radius 3 is 2.76 bits per heavy atom. The number of fused-ring (bicyclic) bond motifs is 1. The van der Waals surface area contributed by atoms with Crippen LogP contribution in [0.3, 0.4) is 0 Å². The van der Waals surface area contributed by atoms with Gasteiger partial charge in [0.15, 0.2) is 11.5 Å². The first-order valence-corrected chi connectivity index (χ1v) is 8.19. The fourth-order valence-corrected chi connectivity index (χ4v) is 3.40. The molecule has 0 aromatic heterocycles. The monoisotopic (exact) mass is 290 g/mol. The minimum absolute atomic E-state index is 0.598. The molecule has 0 saturated heterocycles. The van der Waals surface area contributed by atoms with E-state index in [0.29, 0.717) is 25.2 Å². The van der Waals surface area contributed by atoms with Crippen molar-refractivity contribution in [3.63, 3.8) is 0 Å². The Morgan fingerprint density at radius 1 is 1.10 bits per heavy atom. The molecular formula is C17H26N2O2. The van der Waals surface area contributed by atoms with Gasteiger partial charge in [-0.15, -0.1) is 0 Å². The molecule has 3 rings (SSSR count). The van der Waals surface area contributed by atoms with E-state index in [4.69, 9.17) is 15.2 Å². The zero-order valence-electron chi connectivity index (χ0n) is 12.6. The predicted octanol–water partition coefficient (Wildman–Crippen LogP) is 2.11. The van der Waals surface area contributed by atoms with Crippen LogP contribution in [0.5, 0.6) is 11.5 Å². The van der Waals surface area contributed by atoms with Gasteiger partial charge >= 0.3 is 0 Å². The first kappa shape index (κ1) is 14.7. The van der Waals surface area contributed by atoms with E-state index in [1.807, 2.05) is 6.07 Å². The lowest BCUT2D eigenvalue weighted by Crippen LogP contribution is -2.42. The van der Waals surface area contributed by atoms with Crippen LogP contribution in [0, 0.1) is 5.92 Å². The van der Waals surface area contributed by atoms with Crippen LogP contribution in [0.2, 0.25) is 0 Å². The van der Waals surface area contributed by atoms with Gasteiger partial charge in [-0.05, 0) is 56.0 Å². The van der Waals surface area contributed by atoms with Crippen molar-refractivity contribution >= 4 is 0 Å². The molecule has 0 bridgehead atoms. The van der Waals surface area contributed by atoms with E-state index in [2.05, 4.69) is 17.4 Å². The molecule has 116 valence electrons. The Kier molecular flexibility index (Phi) is 4.99. The van der Waals surface area contributed by atoms with Gasteiger partial charge in [0.1, 0.15) is 13.2 Å². The molecular weight excluding hydrogens is 264 g/mol. The summed E-state index contributed by atoms with van der Waals surface area (Å²) in [6, 6.07) is 6.86. The Labute approximate surface area is 127 Å². The lowest BCUT2D eigenvalue weighted by atomic mass is 9.84. The highest BCUT2D eigenvalue weighted by molar-refractivity contribution is 5.43. The second-order valence-electron chi connectivity index (χ2n) is 6.07. The first-order chi connectivity index (χ1) is 10.4. The van der Waals surface area contributed by atoms with Gasteiger partial charge in [-0.25, -0.2) is 0 Å². The van der Waals surface area contributed by atoms with E-state index in [0.717, 1.165) is 31.0 Å². The Hall–Kier alpha value is -1.26. The maximum absolute atomic E-state index is 5.88. The van der Waals surface area contributed by atoms with Gasteiger partial charge < -0.3 is 20.5 Å². The van der Waals surface area contributed by atoms with Crippen molar-refractivity contribution < 1.29 is 9.47 Å². The zero-order valence-corrected chi connectivity index (χ0v) is 12.6. The van der Waals surface area contributed by atoms with Crippen LogP contribution in [0.1, 0.15) is 31.2 Å². The molecule has 1 aliphatic carbocycles. The summed E-state index contributed by atoms with van der Waals surface area (Å²) < 4.78 is 11.2. The van der Waals surface area contributed by atoms with E-state index in [-0.39, 0.29) is 0 Å². The molecule has 4 nitrogen and oxygen atoms in total. The lowest BCUT2D eigenvalue weighted by molar-refractivity contribution is 0.171. The summed E-state index contributed by atoms with van der Waals surface area (Å²) >= 11 is 0. The van der Waals surface area contributed by atoms with Crippen molar-refractivity contribution in [2.24, 2.45) is 11.7 Å². The summed E-state index contributed by atoms with van der Waals surface area (Å²) in [6.45, 7) is 3.10. The summed E-state index contributed by atoms with van der Waals surface area (Å²) in [5, 5.41) is 3.70. The minimum Gasteiger partial charge on any atom is -0.486 e. The lowest BCUT2D eigenvalue weighted by Gasteiger charge is -2.31. The van der Waals surface area contributed by atoms with Crippen LogP contribution in [-0.4, -0.2) is 32.3 Å². The van der Waals surface area contributed by atoms with Crippen LogP contribution in [0.15, 0.2) is 18.2 Å². The maximum Gasteiger partial charge on any atom is 0.161 e. The highest BCUT2D eigenvalue weighted by Crippen LogP contribution is 2.31. The molecule has 1 aliphatic heterocycles. The molecule has 2 aliphatic rings.